The molecular formula is C16H29N3. The van der Waals surface area contributed by atoms with Gasteiger partial charge in [-0.2, -0.15) is 0 Å². The third-order valence-electron chi connectivity index (χ3n) is 3.35. The first-order valence-electron chi connectivity index (χ1n) is 7.70. The van der Waals surface area contributed by atoms with Crippen LogP contribution in [0.15, 0.2) is 12.1 Å². The number of aromatic nitrogens is 1. The third kappa shape index (κ3) is 5.19. The fraction of sp³-hybridized carbons (Fsp3) is 0.688. The van der Waals surface area contributed by atoms with Crippen LogP contribution in [-0.4, -0.2) is 24.6 Å². The molecule has 1 heterocycles. The minimum atomic E-state index is 0.935. The van der Waals surface area contributed by atoms with Gasteiger partial charge >= 0.3 is 0 Å². The first-order chi connectivity index (χ1) is 9.24. The molecule has 0 aliphatic rings. The highest BCUT2D eigenvalue weighted by Gasteiger charge is 2.08. The van der Waals surface area contributed by atoms with Crippen molar-refractivity contribution in [2.75, 3.05) is 24.5 Å². The number of unbranched alkanes of at least 4 members (excludes halogenated alkanes) is 1. The second kappa shape index (κ2) is 8.92. The van der Waals surface area contributed by atoms with E-state index in [-0.39, 0.29) is 0 Å². The van der Waals surface area contributed by atoms with Crippen LogP contribution < -0.4 is 10.2 Å². The van der Waals surface area contributed by atoms with Gasteiger partial charge < -0.3 is 10.2 Å². The molecule has 1 aromatic heterocycles. The monoisotopic (exact) mass is 263 g/mol. The topological polar surface area (TPSA) is 28.2 Å². The summed E-state index contributed by atoms with van der Waals surface area (Å²) in [6.45, 7) is 12.8. The minimum Gasteiger partial charge on any atom is -0.357 e. The molecule has 0 fully saturated rings. The van der Waals surface area contributed by atoms with Crippen molar-refractivity contribution < 1.29 is 0 Å². The summed E-state index contributed by atoms with van der Waals surface area (Å²) >= 11 is 0. The molecule has 0 saturated carbocycles. The lowest BCUT2D eigenvalue weighted by Gasteiger charge is -2.23. The maximum atomic E-state index is 4.78. The van der Waals surface area contributed by atoms with Gasteiger partial charge in [-0.3, -0.25) is 0 Å². The zero-order valence-corrected chi connectivity index (χ0v) is 13.0. The average molecular weight is 263 g/mol. The number of pyridine rings is 1. The molecule has 0 radical (unpaired) electrons. The first-order valence-corrected chi connectivity index (χ1v) is 7.70. The lowest BCUT2D eigenvalue weighted by atomic mass is 10.2. The van der Waals surface area contributed by atoms with E-state index < -0.39 is 0 Å². The Kier molecular flexibility index (Phi) is 7.49. The van der Waals surface area contributed by atoms with E-state index in [9.17, 15) is 0 Å². The Balaban J connectivity index is 2.89. The van der Waals surface area contributed by atoms with Crippen molar-refractivity contribution in [2.45, 2.75) is 53.5 Å². The van der Waals surface area contributed by atoms with Gasteiger partial charge in [-0.25, -0.2) is 4.98 Å². The van der Waals surface area contributed by atoms with Crippen LogP contribution in [0.3, 0.4) is 0 Å². The molecule has 108 valence electrons. The van der Waals surface area contributed by atoms with Gasteiger partial charge in [0.25, 0.3) is 0 Å². The fourth-order valence-electron chi connectivity index (χ4n) is 2.13. The van der Waals surface area contributed by atoms with Gasteiger partial charge in [-0.15, -0.1) is 0 Å². The summed E-state index contributed by atoms with van der Waals surface area (Å²) in [7, 11) is 0. The number of anilines is 1. The van der Waals surface area contributed by atoms with Crippen LogP contribution in [0.25, 0.3) is 0 Å². The van der Waals surface area contributed by atoms with Crippen molar-refractivity contribution in [2.24, 2.45) is 0 Å². The van der Waals surface area contributed by atoms with Crippen LogP contribution in [0.4, 0.5) is 5.82 Å². The summed E-state index contributed by atoms with van der Waals surface area (Å²) in [4.78, 5) is 7.17. The summed E-state index contributed by atoms with van der Waals surface area (Å²) in [5.41, 5.74) is 2.54. The molecule has 0 atom stereocenters. The summed E-state index contributed by atoms with van der Waals surface area (Å²) in [5.74, 6) is 1.14. The number of rotatable bonds is 9. The van der Waals surface area contributed by atoms with E-state index in [2.05, 4.69) is 50.0 Å². The van der Waals surface area contributed by atoms with Crippen molar-refractivity contribution in [3.63, 3.8) is 0 Å². The van der Waals surface area contributed by atoms with Crippen molar-refractivity contribution >= 4 is 5.82 Å². The smallest absolute Gasteiger partial charge is 0.129 e. The molecule has 0 aromatic carbocycles. The van der Waals surface area contributed by atoms with Crippen molar-refractivity contribution in [3.8, 4) is 0 Å². The highest BCUT2D eigenvalue weighted by Crippen LogP contribution is 2.16. The molecule has 0 aliphatic heterocycles. The highest BCUT2D eigenvalue weighted by molar-refractivity contribution is 5.42. The van der Waals surface area contributed by atoms with Crippen molar-refractivity contribution in [1.29, 1.82) is 0 Å². The predicted molar refractivity (Wildman–Crippen MR) is 83.8 cm³/mol. The third-order valence-corrected chi connectivity index (χ3v) is 3.35. The van der Waals surface area contributed by atoms with Gasteiger partial charge in [0.1, 0.15) is 5.82 Å². The molecule has 0 aliphatic carbocycles. The van der Waals surface area contributed by atoms with Gasteiger partial charge in [0.15, 0.2) is 0 Å². The number of aryl methyl sites for hydroxylation is 1. The molecule has 3 heteroatoms. The Morgan fingerprint density at radius 1 is 1.16 bits per heavy atom. The molecule has 1 N–H and O–H groups in total. The van der Waals surface area contributed by atoms with Crippen LogP contribution >= 0.6 is 0 Å². The largest absolute Gasteiger partial charge is 0.357 e. The van der Waals surface area contributed by atoms with Crippen LogP contribution in [0.2, 0.25) is 0 Å². The molecule has 3 nitrogen and oxygen atoms in total. The number of hydrogen-bond donors (Lipinski definition) is 1. The van der Waals surface area contributed by atoms with Gasteiger partial charge in [-0.1, -0.05) is 27.2 Å². The van der Waals surface area contributed by atoms with Crippen molar-refractivity contribution in [3.05, 3.63) is 23.4 Å². The summed E-state index contributed by atoms with van der Waals surface area (Å²) in [6, 6.07) is 4.46. The molecule has 0 saturated heterocycles. The van der Waals surface area contributed by atoms with Gasteiger partial charge in [-0.05, 0) is 44.0 Å². The number of nitrogens with one attached hydrogen (secondary N) is 1. The summed E-state index contributed by atoms with van der Waals surface area (Å²) < 4.78 is 0. The van der Waals surface area contributed by atoms with Crippen molar-refractivity contribution in [1.82, 2.24) is 10.3 Å². The lowest BCUT2D eigenvalue weighted by molar-refractivity contribution is 0.709. The van der Waals surface area contributed by atoms with E-state index in [1.54, 1.807) is 0 Å². The Bertz CT molecular complexity index is 363. The second-order valence-corrected chi connectivity index (χ2v) is 4.89. The predicted octanol–water partition coefficient (Wildman–Crippen LogP) is 3.38. The van der Waals surface area contributed by atoms with Crippen LogP contribution in [-0.2, 0) is 13.0 Å². The molecule has 0 unspecified atom stereocenters. The quantitative estimate of drug-likeness (QED) is 0.740. The van der Waals surface area contributed by atoms with E-state index in [1.165, 1.54) is 24.1 Å². The zero-order chi connectivity index (χ0) is 14.1. The molecule has 0 amide bonds. The standard InChI is InChI=1S/C16H29N3/c1-5-9-10-19(8-4)16-12-14(13-17-7-3)11-15(6-2)18-16/h11-12,17H,5-10,13H2,1-4H3. The first kappa shape index (κ1) is 16.0. The Morgan fingerprint density at radius 2 is 1.95 bits per heavy atom. The normalized spacial score (nSPS) is 10.7. The Labute approximate surface area is 118 Å². The maximum absolute atomic E-state index is 4.78. The van der Waals surface area contributed by atoms with Gasteiger partial charge in [0.05, 0.1) is 0 Å². The van der Waals surface area contributed by atoms with E-state index in [1.807, 2.05) is 0 Å². The lowest BCUT2D eigenvalue weighted by Crippen LogP contribution is -2.25. The van der Waals surface area contributed by atoms with Crippen LogP contribution in [0, 0.1) is 0 Å². The molecule has 1 rings (SSSR count). The Morgan fingerprint density at radius 3 is 2.53 bits per heavy atom. The zero-order valence-electron chi connectivity index (χ0n) is 13.0. The Hall–Kier alpha value is -1.09. The summed E-state index contributed by atoms with van der Waals surface area (Å²) in [5, 5.41) is 3.40. The van der Waals surface area contributed by atoms with Crippen LogP contribution in [0.5, 0.6) is 0 Å². The number of hydrogen-bond acceptors (Lipinski definition) is 3. The molecule has 0 spiro atoms. The van der Waals surface area contributed by atoms with Crippen LogP contribution in [0.1, 0.15) is 51.8 Å². The SMILES string of the molecule is CCCCN(CC)c1cc(CNCC)cc(CC)n1. The summed E-state index contributed by atoms with van der Waals surface area (Å²) in [6.07, 6.45) is 3.46. The molecule has 0 bridgehead atoms. The molecule has 19 heavy (non-hydrogen) atoms. The average Bonchev–Trinajstić information content (AvgIpc) is 2.45. The van der Waals surface area contributed by atoms with E-state index >= 15 is 0 Å². The van der Waals surface area contributed by atoms with E-state index in [0.717, 1.165) is 38.4 Å². The fourth-order valence-corrected chi connectivity index (χ4v) is 2.13. The van der Waals surface area contributed by atoms with E-state index in [0.29, 0.717) is 0 Å². The molecular weight excluding hydrogens is 234 g/mol. The van der Waals surface area contributed by atoms with Gasteiger partial charge in [0.2, 0.25) is 0 Å². The molecule has 1 aromatic rings. The minimum absolute atomic E-state index is 0.935. The van der Waals surface area contributed by atoms with Gasteiger partial charge in [0, 0.05) is 25.3 Å². The number of nitrogens with zero attached hydrogens (tertiary/aromatic N) is 2. The maximum Gasteiger partial charge on any atom is 0.129 e. The highest BCUT2D eigenvalue weighted by atomic mass is 15.2. The van der Waals surface area contributed by atoms with E-state index in [4.69, 9.17) is 4.98 Å². The second-order valence-electron chi connectivity index (χ2n) is 4.89.